The molecule has 0 fully saturated rings. The molecule has 209 valence electrons. The quantitative estimate of drug-likeness (QED) is 0.130. The Bertz CT molecular complexity index is 1500. The number of hydrogen-bond acceptors (Lipinski definition) is 4. The Balaban J connectivity index is 0.000000301. The van der Waals surface area contributed by atoms with Crippen LogP contribution in [0.2, 0.25) is 0 Å². The maximum atomic E-state index is 11.0. The molecule has 5 heteroatoms. The van der Waals surface area contributed by atoms with Crippen molar-refractivity contribution >= 4 is 37.3 Å². The predicted molar refractivity (Wildman–Crippen MR) is 162 cm³/mol. The fourth-order valence-corrected chi connectivity index (χ4v) is 6.13. The van der Waals surface area contributed by atoms with E-state index in [9.17, 15) is 9.90 Å². The number of aromatic nitrogens is 1. The minimum atomic E-state index is -0.0316. The van der Waals surface area contributed by atoms with Crippen LogP contribution in [0.5, 0.6) is 0 Å². The first kappa shape index (κ1) is 31.2. The van der Waals surface area contributed by atoms with Crippen LogP contribution < -0.4 is 0 Å². The topological polar surface area (TPSA) is 50.2 Å². The number of ketones is 1. The van der Waals surface area contributed by atoms with Crippen molar-refractivity contribution in [2.75, 3.05) is 0 Å². The number of rotatable bonds is 4. The second kappa shape index (κ2) is 12.0. The van der Waals surface area contributed by atoms with Crippen molar-refractivity contribution in [1.29, 1.82) is 0 Å². The average Bonchev–Trinajstić information content (AvgIpc) is 3.25. The molecule has 1 N–H and O–H groups in total. The van der Waals surface area contributed by atoms with Gasteiger partial charge in [-0.1, -0.05) is 55.4 Å². The first-order chi connectivity index (χ1) is 17.8. The smallest absolute Gasteiger partial charge is 0.161 e. The molecule has 39 heavy (non-hydrogen) atoms. The first-order valence-electron chi connectivity index (χ1n) is 13.6. The molecule has 1 aliphatic rings. The number of fused-ring (bicyclic) bond motifs is 4. The zero-order valence-corrected chi connectivity index (χ0v) is 27.5. The van der Waals surface area contributed by atoms with Crippen LogP contribution in [0.15, 0.2) is 60.5 Å². The number of carbonyl (C=O) groups is 1. The van der Waals surface area contributed by atoms with E-state index in [0.29, 0.717) is 0 Å². The molecule has 5 rings (SSSR count). The van der Waals surface area contributed by atoms with Crippen molar-refractivity contribution < 1.29 is 30.0 Å². The van der Waals surface area contributed by atoms with Crippen LogP contribution in [0, 0.1) is 17.9 Å². The monoisotopic (exact) mass is 719 g/mol. The van der Waals surface area contributed by atoms with Crippen molar-refractivity contribution in [1.82, 2.24) is 4.98 Å². The second-order valence-electron chi connectivity index (χ2n) is 12.4. The molecule has 0 amide bonds. The molecule has 2 aromatic heterocycles. The van der Waals surface area contributed by atoms with Crippen LogP contribution in [0.25, 0.3) is 31.4 Å². The van der Waals surface area contributed by atoms with E-state index in [1.54, 1.807) is 0 Å². The van der Waals surface area contributed by atoms with Gasteiger partial charge in [0.2, 0.25) is 0 Å². The van der Waals surface area contributed by atoms with Gasteiger partial charge < -0.3 is 10.1 Å². The summed E-state index contributed by atoms with van der Waals surface area (Å²) in [6.45, 7) is 16.9. The van der Waals surface area contributed by atoms with E-state index in [-0.39, 0.29) is 54.3 Å². The van der Waals surface area contributed by atoms with E-state index in [2.05, 4.69) is 64.1 Å². The van der Waals surface area contributed by atoms with Crippen molar-refractivity contribution in [3.8, 4) is 11.3 Å². The van der Waals surface area contributed by atoms with Gasteiger partial charge in [0, 0.05) is 53.6 Å². The molecule has 4 aromatic rings. The normalized spacial score (nSPS) is 16.0. The number of pyridine rings is 1. The number of thiophene rings is 1. The largest absolute Gasteiger partial charge is 0.512 e. The Labute approximate surface area is 251 Å². The van der Waals surface area contributed by atoms with Crippen LogP contribution in [0.3, 0.4) is 0 Å². The molecule has 1 radical (unpaired) electrons. The minimum Gasteiger partial charge on any atom is -0.512 e. The fourth-order valence-electron chi connectivity index (χ4n) is 5.01. The Hall–Kier alpha value is -2.33. The van der Waals surface area contributed by atoms with Crippen LogP contribution in [-0.4, -0.2) is 15.9 Å². The SMILES string of the molecule is CC(C)C(=O)/C=C(\O)C(C)C.CC1(C)CCC(C)(C)c2cc3c(cc21)sc1ccnc(-c2[c-]cccc2)c13.[Ir]. The summed E-state index contributed by atoms with van der Waals surface area (Å²) < 4.78 is 2.69. The maximum absolute atomic E-state index is 11.0. The van der Waals surface area contributed by atoms with Gasteiger partial charge in [-0.05, 0) is 69.5 Å². The van der Waals surface area contributed by atoms with Crippen LogP contribution in [-0.2, 0) is 35.7 Å². The molecule has 3 nitrogen and oxygen atoms in total. The van der Waals surface area contributed by atoms with E-state index in [1.165, 1.54) is 50.2 Å². The van der Waals surface area contributed by atoms with Crippen molar-refractivity contribution in [2.45, 2.75) is 79.1 Å². The summed E-state index contributed by atoms with van der Waals surface area (Å²) in [5, 5.41) is 11.8. The molecule has 0 atom stereocenters. The average molecular weight is 719 g/mol. The Kier molecular flexibility index (Phi) is 9.63. The van der Waals surface area contributed by atoms with Gasteiger partial charge in [0.25, 0.3) is 0 Å². The number of carbonyl (C=O) groups excluding carboxylic acids is 1. The van der Waals surface area contributed by atoms with Gasteiger partial charge in [0.05, 0.1) is 5.76 Å². The van der Waals surface area contributed by atoms with E-state index < -0.39 is 0 Å². The van der Waals surface area contributed by atoms with Gasteiger partial charge in [0.15, 0.2) is 5.78 Å². The summed E-state index contributed by atoms with van der Waals surface area (Å²) in [6.07, 6.45) is 5.73. The predicted octanol–water partition coefficient (Wildman–Crippen LogP) is 9.57. The van der Waals surface area contributed by atoms with Crippen LogP contribution in [0.1, 0.15) is 79.4 Å². The first-order valence-corrected chi connectivity index (χ1v) is 14.4. The van der Waals surface area contributed by atoms with E-state index in [0.717, 1.165) is 11.3 Å². The van der Waals surface area contributed by atoms with Gasteiger partial charge in [-0.2, -0.15) is 0 Å². The number of hydrogen-bond donors (Lipinski definition) is 1. The number of aliphatic hydroxyl groups is 1. The van der Waals surface area contributed by atoms with Gasteiger partial charge in [-0.25, -0.2) is 0 Å². The van der Waals surface area contributed by atoms with Gasteiger partial charge in [-0.3, -0.25) is 4.79 Å². The number of benzene rings is 2. The van der Waals surface area contributed by atoms with Crippen LogP contribution in [0.4, 0.5) is 0 Å². The zero-order chi connectivity index (χ0) is 27.8. The number of allylic oxidation sites excluding steroid dienone is 2. The van der Waals surface area contributed by atoms with Gasteiger partial charge in [-0.15, -0.1) is 47.2 Å². The van der Waals surface area contributed by atoms with Crippen molar-refractivity contribution in [2.24, 2.45) is 11.8 Å². The third-order valence-corrected chi connectivity index (χ3v) is 8.89. The molecule has 2 aromatic carbocycles. The van der Waals surface area contributed by atoms with E-state index in [4.69, 9.17) is 4.98 Å². The Morgan fingerprint density at radius 2 is 1.62 bits per heavy atom. The minimum absolute atomic E-state index is 0. The summed E-state index contributed by atoms with van der Waals surface area (Å²) in [7, 11) is 0. The molecular weight excluding hydrogens is 679 g/mol. The second-order valence-corrected chi connectivity index (χ2v) is 13.4. The molecule has 0 saturated heterocycles. The summed E-state index contributed by atoms with van der Waals surface area (Å²) in [5.74, 6) is 0.161. The van der Waals surface area contributed by atoms with E-state index in [1.807, 2.05) is 57.4 Å². The molecule has 0 spiro atoms. The summed E-state index contributed by atoms with van der Waals surface area (Å²) in [6, 6.07) is 18.6. The molecule has 0 aliphatic heterocycles. The van der Waals surface area contributed by atoms with Crippen molar-refractivity contribution in [3.63, 3.8) is 0 Å². The van der Waals surface area contributed by atoms with Crippen molar-refractivity contribution in [3.05, 3.63) is 77.7 Å². The fraction of sp³-hybridized carbons (Fsp3) is 0.412. The number of nitrogens with zero attached hydrogens (tertiary/aromatic N) is 1. The van der Waals surface area contributed by atoms with Crippen LogP contribution >= 0.6 is 11.3 Å². The van der Waals surface area contributed by atoms with Gasteiger partial charge in [0.1, 0.15) is 0 Å². The standard InChI is InChI=1S/C25H24NS.C9H16O2.Ir/c1-24(2)11-12-25(3,4)19-15-21-17(14-18(19)24)22-20(27-21)10-13-26-23(22)16-8-6-5-7-9-16;1-6(2)8(10)5-9(11)7(3)4;/h5-8,10,13-15H,11-12H2,1-4H3;5-7,10H,1-4H3;/q-1;;/b;8-5-;. The summed E-state index contributed by atoms with van der Waals surface area (Å²) in [5.41, 5.74) is 5.61. The van der Waals surface area contributed by atoms with E-state index >= 15 is 0 Å². The zero-order valence-electron chi connectivity index (χ0n) is 24.3. The Morgan fingerprint density at radius 3 is 2.18 bits per heavy atom. The molecular formula is C34H40IrNO2S-. The Morgan fingerprint density at radius 1 is 0.974 bits per heavy atom. The summed E-state index contributed by atoms with van der Waals surface area (Å²) in [4.78, 5) is 15.8. The third kappa shape index (κ3) is 6.53. The maximum Gasteiger partial charge on any atom is 0.161 e. The molecule has 0 unspecified atom stereocenters. The molecule has 2 heterocycles. The third-order valence-electron chi connectivity index (χ3n) is 7.77. The summed E-state index contributed by atoms with van der Waals surface area (Å²) >= 11 is 1.89. The molecule has 0 saturated carbocycles. The molecule has 0 bridgehead atoms. The van der Waals surface area contributed by atoms with Gasteiger partial charge >= 0.3 is 0 Å². The number of aliphatic hydroxyl groups excluding tert-OH is 1. The molecule has 1 aliphatic carbocycles.